The number of carbonyl (C=O) groups excluding carboxylic acids is 1. The van der Waals surface area contributed by atoms with E-state index in [0.29, 0.717) is 0 Å². The van der Waals surface area contributed by atoms with Crippen LogP contribution in [-0.4, -0.2) is 15.6 Å². The Balaban J connectivity index is 1.78. The molecule has 0 aliphatic rings. The molecule has 0 fully saturated rings. The quantitative estimate of drug-likeness (QED) is 0.639. The Morgan fingerprint density at radius 2 is 1.76 bits per heavy atom. The molecule has 0 aliphatic carbocycles. The highest BCUT2D eigenvalue weighted by molar-refractivity contribution is 5.90. The molecular weight excluding hydrogens is 382 g/mol. The van der Waals surface area contributed by atoms with Gasteiger partial charge in [0.1, 0.15) is 24.8 Å². The van der Waals surface area contributed by atoms with Crippen LogP contribution in [0.2, 0.25) is 0 Å². The summed E-state index contributed by atoms with van der Waals surface area (Å²) >= 11 is 0. The molecule has 1 aromatic heterocycles. The Bertz CT molecular complexity index is 1080. The number of carbonyl (C=O) groups is 1. The van der Waals surface area contributed by atoms with Crippen LogP contribution in [0.25, 0.3) is 0 Å². The van der Waals surface area contributed by atoms with E-state index in [9.17, 15) is 23.5 Å². The fourth-order valence-electron chi connectivity index (χ4n) is 2.66. The average molecular weight is 400 g/mol. The van der Waals surface area contributed by atoms with E-state index in [1.807, 2.05) is 0 Å². The molecule has 0 bridgehead atoms. The van der Waals surface area contributed by atoms with E-state index >= 15 is 0 Å². The van der Waals surface area contributed by atoms with Crippen LogP contribution < -0.4 is 15.5 Å². The molecule has 29 heavy (non-hydrogen) atoms. The summed E-state index contributed by atoms with van der Waals surface area (Å²) in [5.74, 6) is -1.72. The summed E-state index contributed by atoms with van der Waals surface area (Å²) in [6, 6.07) is 12.8. The number of hydrogen-bond acceptors (Lipinski definition) is 4. The molecule has 3 aromatic rings. The molecule has 2 aromatic carbocycles. The molecule has 2 N–H and O–H groups in total. The van der Waals surface area contributed by atoms with Crippen LogP contribution in [0.4, 0.5) is 14.5 Å². The van der Waals surface area contributed by atoms with Gasteiger partial charge in [-0.15, -0.1) is 0 Å². The van der Waals surface area contributed by atoms with Crippen molar-refractivity contribution in [2.45, 2.75) is 19.8 Å². The maximum atomic E-state index is 13.7. The molecule has 6 nitrogen and oxygen atoms in total. The van der Waals surface area contributed by atoms with Crippen molar-refractivity contribution < 1.29 is 23.4 Å². The minimum Gasteiger partial charge on any atom is -0.483 e. The molecule has 0 saturated carbocycles. The van der Waals surface area contributed by atoms with Crippen molar-refractivity contribution >= 4 is 11.6 Å². The predicted molar refractivity (Wildman–Crippen MR) is 102 cm³/mol. The van der Waals surface area contributed by atoms with Crippen molar-refractivity contribution in [2.24, 2.45) is 0 Å². The first-order valence-electron chi connectivity index (χ1n) is 8.72. The van der Waals surface area contributed by atoms with E-state index in [2.05, 4.69) is 5.32 Å². The number of aromatic nitrogens is 1. The number of para-hydroxylation sites is 1. The molecular formula is C21H18F2N2O4. The molecule has 0 radical (unpaired) electrons. The third kappa shape index (κ3) is 5.05. The normalized spacial score (nSPS) is 10.6. The van der Waals surface area contributed by atoms with Crippen LogP contribution in [0.5, 0.6) is 5.75 Å². The summed E-state index contributed by atoms with van der Waals surface area (Å²) in [6.45, 7) is -0.960. The zero-order valence-corrected chi connectivity index (χ0v) is 15.3. The van der Waals surface area contributed by atoms with Gasteiger partial charge in [0, 0.05) is 17.3 Å². The lowest BCUT2D eigenvalue weighted by molar-refractivity contribution is -0.116. The van der Waals surface area contributed by atoms with Crippen LogP contribution in [-0.2, 0) is 24.6 Å². The summed E-state index contributed by atoms with van der Waals surface area (Å²) in [7, 11) is 0. The van der Waals surface area contributed by atoms with Gasteiger partial charge >= 0.3 is 0 Å². The number of nitrogens with zero attached hydrogens (tertiary/aromatic N) is 1. The average Bonchev–Trinajstić information content (AvgIpc) is 2.70. The first kappa shape index (κ1) is 20.2. The van der Waals surface area contributed by atoms with Crippen molar-refractivity contribution in [3.63, 3.8) is 0 Å². The van der Waals surface area contributed by atoms with Crippen LogP contribution in [0.1, 0.15) is 11.3 Å². The number of pyridine rings is 1. The topological polar surface area (TPSA) is 80.6 Å². The van der Waals surface area contributed by atoms with Gasteiger partial charge in [0.2, 0.25) is 11.3 Å². The highest BCUT2D eigenvalue weighted by Crippen LogP contribution is 2.15. The minimum atomic E-state index is -0.586. The smallest absolute Gasteiger partial charge is 0.244 e. The number of aliphatic hydroxyl groups is 1. The number of hydrogen-bond donors (Lipinski definition) is 2. The van der Waals surface area contributed by atoms with E-state index < -0.39 is 29.6 Å². The van der Waals surface area contributed by atoms with Crippen LogP contribution in [0.15, 0.2) is 65.6 Å². The highest BCUT2D eigenvalue weighted by atomic mass is 19.1. The monoisotopic (exact) mass is 400 g/mol. The van der Waals surface area contributed by atoms with Gasteiger partial charge in [0.15, 0.2) is 5.75 Å². The van der Waals surface area contributed by atoms with Gasteiger partial charge in [0.05, 0.1) is 18.5 Å². The first-order valence-corrected chi connectivity index (χ1v) is 8.72. The zero-order valence-electron chi connectivity index (χ0n) is 15.3. The number of rotatable bonds is 7. The Morgan fingerprint density at radius 3 is 2.45 bits per heavy atom. The molecule has 0 aliphatic heterocycles. The second-order valence-electron chi connectivity index (χ2n) is 6.19. The molecule has 0 spiro atoms. The van der Waals surface area contributed by atoms with Gasteiger partial charge in [-0.2, -0.15) is 0 Å². The second-order valence-corrected chi connectivity index (χ2v) is 6.19. The van der Waals surface area contributed by atoms with Gasteiger partial charge in [-0.25, -0.2) is 8.78 Å². The zero-order chi connectivity index (χ0) is 20.8. The van der Waals surface area contributed by atoms with Crippen molar-refractivity contribution in [1.82, 2.24) is 4.57 Å². The fourth-order valence-corrected chi connectivity index (χ4v) is 2.66. The number of ether oxygens (including phenoxy) is 1. The summed E-state index contributed by atoms with van der Waals surface area (Å²) in [4.78, 5) is 24.5. The predicted octanol–water partition coefficient (Wildman–Crippen LogP) is 2.84. The molecule has 8 heteroatoms. The maximum absolute atomic E-state index is 13.7. The third-order valence-electron chi connectivity index (χ3n) is 4.15. The van der Waals surface area contributed by atoms with E-state index in [4.69, 9.17) is 4.74 Å². The van der Waals surface area contributed by atoms with E-state index in [1.54, 1.807) is 12.1 Å². The SMILES string of the molecule is O=C(Cn1cc(OCc2ccccc2F)c(=O)cc1CO)Nc1ccccc1F. The van der Waals surface area contributed by atoms with Crippen LogP contribution in [0.3, 0.4) is 0 Å². The van der Waals surface area contributed by atoms with Gasteiger partial charge in [-0.3, -0.25) is 9.59 Å². The molecule has 3 rings (SSSR count). The number of halogens is 2. The number of benzene rings is 2. The summed E-state index contributed by atoms with van der Waals surface area (Å²) in [5.41, 5.74) is -0.0600. The molecule has 150 valence electrons. The van der Waals surface area contributed by atoms with Crippen molar-refractivity contribution in [2.75, 3.05) is 5.32 Å². The van der Waals surface area contributed by atoms with Crippen LogP contribution in [0, 0.1) is 11.6 Å². The Hall–Kier alpha value is -3.52. The highest BCUT2D eigenvalue weighted by Gasteiger charge is 2.13. The van der Waals surface area contributed by atoms with Gasteiger partial charge in [-0.1, -0.05) is 30.3 Å². The molecule has 0 atom stereocenters. The number of nitrogens with one attached hydrogen (secondary N) is 1. The lowest BCUT2D eigenvalue weighted by atomic mass is 10.2. The Kier molecular flexibility index (Phi) is 6.36. The number of amides is 1. The van der Waals surface area contributed by atoms with E-state index in [-0.39, 0.29) is 35.8 Å². The third-order valence-corrected chi connectivity index (χ3v) is 4.15. The molecule has 1 heterocycles. The first-order chi connectivity index (χ1) is 14.0. The maximum Gasteiger partial charge on any atom is 0.244 e. The molecule has 0 unspecified atom stereocenters. The summed E-state index contributed by atoms with van der Waals surface area (Å²) in [6.07, 6.45) is 1.26. The number of anilines is 1. The van der Waals surface area contributed by atoms with Crippen LogP contribution >= 0.6 is 0 Å². The second kappa shape index (κ2) is 9.11. The molecule has 1 amide bonds. The lowest BCUT2D eigenvalue weighted by Gasteiger charge is -2.15. The van der Waals surface area contributed by atoms with Gasteiger partial charge in [0.25, 0.3) is 0 Å². The Morgan fingerprint density at radius 1 is 1.07 bits per heavy atom. The van der Waals surface area contributed by atoms with E-state index in [0.717, 1.165) is 6.07 Å². The van der Waals surface area contributed by atoms with Crippen molar-refractivity contribution in [1.29, 1.82) is 0 Å². The molecule has 0 saturated heterocycles. The van der Waals surface area contributed by atoms with E-state index in [1.165, 1.54) is 47.2 Å². The standard InChI is InChI=1S/C21H18F2N2O4/c22-16-6-2-1-5-14(16)13-29-20-10-25(15(12-26)9-19(20)27)11-21(28)24-18-8-4-3-7-17(18)23/h1-10,26H,11-13H2,(H,24,28). The van der Waals surface area contributed by atoms with Gasteiger partial charge < -0.3 is 19.7 Å². The summed E-state index contributed by atoms with van der Waals surface area (Å²) < 4.78 is 34.1. The minimum absolute atomic E-state index is 0.0140. The summed E-state index contributed by atoms with van der Waals surface area (Å²) in [5, 5.41) is 11.9. The largest absolute Gasteiger partial charge is 0.483 e. The Labute approximate surface area is 165 Å². The lowest BCUT2D eigenvalue weighted by Crippen LogP contribution is -2.23. The fraction of sp³-hybridized carbons (Fsp3) is 0.143. The van der Waals surface area contributed by atoms with Gasteiger partial charge in [-0.05, 0) is 18.2 Å². The van der Waals surface area contributed by atoms with Crippen molar-refractivity contribution in [3.8, 4) is 5.75 Å². The van der Waals surface area contributed by atoms with Crippen molar-refractivity contribution in [3.05, 3.63) is 93.9 Å². The number of aliphatic hydroxyl groups excluding tert-OH is 1.